The summed E-state index contributed by atoms with van der Waals surface area (Å²) in [5.74, 6) is -0.298. The third-order valence-electron chi connectivity index (χ3n) is 8.06. The maximum Gasteiger partial charge on any atom is 0.412 e. The van der Waals surface area contributed by atoms with E-state index in [1.807, 2.05) is 0 Å². The van der Waals surface area contributed by atoms with Crippen LogP contribution in [0.3, 0.4) is 0 Å². The molecule has 2 atom stereocenters. The third kappa shape index (κ3) is 6.17. The van der Waals surface area contributed by atoms with Crippen molar-refractivity contribution in [2.24, 2.45) is 5.92 Å². The number of benzene rings is 2. The van der Waals surface area contributed by atoms with Crippen LogP contribution < -0.4 is 16.0 Å². The SMILES string of the molecule is O=C(O)Nc1ccc(C(=O)N[C@@H](CC2CCCCC2)C(=O)N2CCC[C@@]3(C2)OC(=O)Nc2ccc(Cl)cc23)cc1. The Bertz CT molecular complexity index is 1300. The summed E-state index contributed by atoms with van der Waals surface area (Å²) in [5, 5.41) is 17.3. The molecule has 2 aromatic rings. The smallest absolute Gasteiger partial charge is 0.412 e. The zero-order valence-electron chi connectivity index (χ0n) is 22.1. The Hall–Kier alpha value is -3.79. The number of halogens is 1. The van der Waals surface area contributed by atoms with E-state index in [1.54, 1.807) is 23.1 Å². The van der Waals surface area contributed by atoms with Crippen LogP contribution in [0.25, 0.3) is 0 Å². The van der Waals surface area contributed by atoms with Gasteiger partial charge in [0.2, 0.25) is 5.91 Å². The van der Waals surface area contributed by atoms with Gasteiger partial charge in [-0.05, 0) is 67.6 Å². The van der Waals surface area contributed by atoms with Crippen molar-refractivity contribution in [2.45, 2.75) is 63.0 Å². The molecule has 2 aromatic carbocycles. The average Bonchev–Trinajstić information content (AvgIpc) is 2.93. The van der Waals surface area contributed by atoms with E-state index >= 15 is 0 Å². The van der Waals surface area contributed by atoms with E-state index in [4.69, 9.17) is 21.4 Å². The van der Waals surface area contributed by atoms with E-state index in [0.717, 1.165) is 31.2 Å². The lowest BCUT2D eigenvalue weighted by molar-refractivity contribution is -0.141. The monoisotopic (exact) mass is 568 g/mol. The molecule has 0 bridgehead atoms. The summed E-state index contributed by atoms with van der Waals surface area (Å²) in [6, 6.07) is 10.5. The average molecular weight is 569 g/mol. The highest BCUT2D eigenvalue weighted by Gasteiger charge is 2.47. The number of ether oxygens (including phenoxy) is 1. The van der Waals surface area contributed by atoms with Crippen molar-refractivity contribution in [3.05, 3.63) is 58.6 Å². The molecule has 5 rings (SSSR count). The van der Waals surface area contributed by atoms with E-state index in [2.05, 4.69) is 16.0 Å². The van der Waals surface area contributed by atoms with E-state index in [1.165, 1.54) is 30.7 Å². The molecule has 2 fully saturated rings. The summed E-state index contributed by atoms with van der Waals surface area (Å²) in [6.45, 7) is 0.646. The fourth-order valence-electron chi connectivity index (χ4n) is 6.15. The zero-order chi connectivity index (χ0) is 28.3. The lowest BCUT2D eigenvalue weighted by atomic mass is 9.82. The molecule has 0 aromatic heterocycles. The molecule has 40 heavy (non-hydrogen) atoms. The first kappa shape index (κ1) is 27.8. The molecule has 0 unspecified atom stereocenters. The molecular weight excluding hydrogens is 536 g/mol. The molecule has 11 heteroatoms. The predicted octanol–water partition coefficient (Wildman–Crippen LogP) is 5.58. The van der Waals surface area contributed by atoms with Crippen molar-refractivity contribution in [3.8, 4) is 0 Å². The number of hydrogen-bond donors (Lipinski definition) is 4. The number of fused-ring (bicyclic) bond motifs is 2. The van der Waals surface area contributed by atoms with Crippen molar-refractivity contribution in [1.29, 1.82) is 0 Å². The van der Waals surface area contributed by atoms with Gasteiger partial charge < -0.3 is 20.1 Å². The van der Waals surface area contributed by atoms with Gasteiger partial charge in [-0.15, -0.1) is 0 Å². The van der Waals surface area contributed by atoms with Crippen LogP contribution in [0.5, 0.6) is 0 Å². The van der Waals surface area contributed by atoms with E-state index in [9.17, 15) is 19.2 Å². The standard InChI is InChI=1S/C29H33ClN4O6/c30-20-9-12-23-22(16-20)29(40-28(39)33-23)13-4-14-34(17-29)26(36)24(15-18-5-2-1-3-6-18)32-25(35)19-7-10-21(11-8-19)31-27(37)38/h7-12,16,18,24,31H,1-6,13-15,17H2,(H,32,35)(H,33,39)(H,37,38)/t24-,29-/m0/s1. The minimum absolute atomic E-state index is 0.166. The fourth-order valence-corrected chi connectivity index (χ4v) is 6.32. The molecule has 1 spiro atoms. The number of carbonyl (C=O) groups excluding carboxylic acids is 3. The normalized spacial score (nSPS) is 21.5. The number of amides is 4. The van der Waals surface area contributed by atoms with Crippen molar-refractivity contribution < 1.29 is 29.0 Å². The lowest BCUT2D eigenvalue weighted by Crippen LogP contribution is -2.57. The fraction of sp³-hybridized carbons (Fsp3) is 0.448. The predicted molar refractivity (Wildman–Crippen MR) is 150 cm³/mol. The first-order valence-corrected chi connectivity index (χ1v) is 14.1. The van der Waals surface area contributed by atoms with Crippen molar-refractivity contribution in [2.75, 3.05) is 23.7 Å². The minimum atomic E-state index is -1.20. The Kier molecular flexibility index (Phi) is 8.16. The minimum Gasteiger partial charge on any atom is -0.465 e. The molecule has 4 N–H and O–H groups in total. The van der Waals surface area contributed by atoms with Gasteiger partial charge in [-0.2, -0.15) is 0 Å². The molecule has 1 saturated heterocycles. The van der Waals surface area contributed by atoms with Gasteiger partial charge >= 0.3 is 12.2 Å². The Labute approximate surface area is 237 Å². The van der Waals surface area contributed by atoms with Gasteiger partial charge in [0.1, 0.15) is 6.04 Å². The summed E-state index contributed by atoms with van der Waals surface area (Å²) < 4.78 is 5.86. The van der Waals surface area contributed by atoms with Crippen molar-refractivity contribution >= 4 is 47.0 Å². The van der Waals surface area contributed by atoms with Crippen LogP contribution in [0.4, 0.5) is 21.0 Å². The van der Waals surface area contributed by atoms with Crippen LogP contribution in [0.1, 0.15) is 67.3 Å². The molecule has 10 nitrogen and oxygen atoms in total. The number of carboxylic acid groups (broad SMARTS) is 1. The molecule has 1 aliphatic carbocycles. The third-order valence-corrected chi connectivity index (χ3v) is 8.29. The van der Waals surface area contributed by atoms with Gasteiger partial charge in [-0.25, -0.2) is 9.59 Å². The molecular formula is C29H33ClN4O6. The highest BCUT2D eigenvalue weighted by molar-refractivity contribution is 6.30. The summed E-state index contributed by atoms with van der Waals surface area (Å²) >= 11 is 6.29. The molecule has 0 radical (unpaired) electrons. The van der Waals surface area contributed by atoms with Gasteiger partial charge in [0, 0.05) is 28.4 Å². The van der Waals surface area contributed by atoms with Crippen molar-refractivity contribution in [1.82, 2.24) is 10.2 Å². The highest BCUT2D eigenvalue weighted by Crippen LogP contribution is 2.43. The summed E-state index contributed by atoms with van der Waals surface area (Å²) in [5.41, 5.74) is 0.990. The molecule has 2 heterocycles. The van der Waals surface area contributed by atoms with Gasteiger partial charge in [0.05, 0.1) is 12.2 Å². The van der Waals surface area contributed by atoms with Crippen molar-refractivity contribution in [3.63, 3.8) is 0 Å². The number of nitrogens with one attached hydrogen (secondary N) is 3. The lowest BCUT2D eigenvalue weighted by Gasteiger charge is -2.46. The number of rotatable bonds is 6. The van der Waals surface area contributed by atoms with Crippen LogP contribution in [0.2, 0.25) is 5.02 Å². The zero-order valence-corrected chi connectivity index (χ0v) is 22.8. The van der Waals surface area contributed by atoms with Crippen LogP contribution in [-0.2, 0) is 15.1 Å². The first-order valence-electron chi connectivity index (χ1n) is 13.7. The number of piperidine rings is 1. The first-order chi connectivity index (χ1) is 19.2. The molecule has 4 amide bonds. The number of likely N-dealkylation sites (tertiary alicyclic amines) is 1. The van der Waals surface area contributed by atoms with Crippen LogP contribution in [0, 0.1) is 5.92 Å². The molecule has 212 valence electrons. The summed E-state index contributed by atoms with van der Waals surface area (Å²) in [4.78, 5) is 52.4. The second kappa shape index (κ2) is 11.8. The van der Waals surface area contributed by atoms with Crippen LogP contribution >= 0.6 is 11.6 Å². The topological polar surface area (TPSA) is 137 Å². The van der Waals surface area contributed by atoms with Gasteiger partial charge in [0.25, 0.3) is 5.91 Å². The van der Waals surface area contributed by atoms with Gasteiger partial charge in [0.15, 0.2) is 5.60 Å². The Morgan fingerprint density at radius 2 is 1.85 bits per heavy atom. The summed E-state index contributed by atoms with van der Waals surface area (Å²) in [7, 11) is 0. The number of anilines is 2. The maximum absolute atomic E-state index is 14.1. The number of carbonyl (C=O) groups is 4. The summed E-state index contributed by atoms with van der Waals surface area (Å²) in [6.07, 6.45) is 5.32. The van der Waals surface area contributed by atoms with E-state index in [-0.39, 0.29) is 12.5 Å². The number of nitrogens with zero attached hydrogens (tertiary/aromatic N) is 1. The maximum atomic E-state index is 14.1. The van der Waals surface area contributed by atoms with E-state index < -0.39 is 29.7 Å². The quantitative estimate of drug-likeness (QED) is 0.359. The molecule has 2 aliphatic heterocycles. The van der Waals surface area contributed by atoms with Gasteiger partial charge in [-0.3, -0.25) is 20.2 Å². The highest BCUT2D eigenvalue weighted by atomic mass is 35.5. The molecule has 3 aliphatic rings. The van der Waals surface area contributed by atoms with E-state index in [0.29, 0.717) is 53.7 Å². The second-order valence-electron chi connectivity index (χ2n) is 10.8. The van der Waals surface area contributed by atoms with Gasteiger partial charge in [-0.1, -0.05) is 43.7 Å². The molecule has 1 saturated carbocycles. The Morgan fingerprint density at radius 3 is 2.58 bits per heavy atom. The Balaban J connectivity index is 1.37. The van der Waals surface area contributed by atoms with Crippen LogP contribution in [-0.4, -0.2) is 53.1 Å². The Morgan fingerprint density at radius 1 is 1.10 bits per heavy atom. The van der Waals surface area contributed by atoms with Crippen LogP contribution in [0.15, 0.2) is 42.5 Å². The second-order valence-corrected chi connectivity index (χ2v) is 11.3. The number of hydrogen-bond acceptors (Lipinski definition) is 5. The largest absolute Gasteiger partial charge is 0.465 e.